The van der Waals surface area contributed by atoms with Gasteiger partial charge in [0.25, 0.3) is 0 Å². The molecule has 0 atom stereocenters. The minimum atomic E-state index is 0.248. The van der Waals surface area contributed by atoms with Crippen LogP contribution < -0.4 is 0 Å². The molecule has 11 heavy (non-hydrogen) atoms. The van der Waals surface area contributed by atoms with E-state index in [9.17, 15) is 0 Å². The van der Waals surface area contributed by atoms with Crippen molar-refractivity contribution < 1.29 is 4.74 Å². The summed E-state index contributed by atoms with van der Waals surface area (Å²) < 4.78 is 6.13. The van der Waals surface area contributed by atoms with Gasteiger partial charge < -0.3 is 4.74 Å². The number of aromatic nitrogens is 2. The molecule has 0 bridgehead atoms. The van der Waals surface area contributed by atoms with Crippen LogP contribution in [0.2, 0.25) is 0 Å². The Hall–Kier alpha value is -0.0000000000000000833. The maximum absolute atomic E-state index is 5.33. The Kier molecular flexibility index (Phi) is 3.42. The molecule has 0 aliphatic rings. The molecule has 62 valence electrons. The van der Waals surface area contributed by atoms with Crippen molar-refractivity contribution in [3.05, 3.63) is 8.92 Å². The number of halogens is 1. The van der Waals surface area contributed by atoms with Crippen molar-refractivity contribution in [3.8, 4) is 0 Å². The lowest BCUT2D eigenvalue weighted by molar-refractivity contribution is 0.0652. The molecule has 0 radical (unpaired) electrons. The van der Waals surface area contributed by atoms with E-state index in [0.29, 0.717) is 6.61 Å². The van der Waals surface area contributed by atoms with Crippen LogP contribution in [0, 0.1) is 0 Å². The second kappa shape index (κ2) is 4.13. The van der Waals surface area contributed by atoms with Gasteiger partial charge in [0.2, 0.25) is 0 Å². The third kappa shape index (κ3) is 3.27. The van der Waals surface area contributed by atoms with Crippen LogP contribution in [0.5, 0.6) is 0 Å². The second-order valence-corrected chi connectivity index (χ2v) is 4.65. The zero-order valence-electron chi connectivity index (χ0n) is 6.37. The van der Waals surface area contributed by atoms with Crippen molar-refractivity contribution in [2.75, 3.05) is 0 Å². The summed E-state index contributed by atoms with van der Waals surface area (Å²) in [5, 5.41) is 8.59. The molecule has 0 unspecified atom stereocenters. The maximum Gasteiger partial charge on any atom is 0.183 e. The van der Waals surface area contributed by atoms with Crippen molar-refractivity contribution in [3.63, 3.8) is 0 Å². The molecule has 1 rings (SSSR count). The van der Waals surface area contributed by atoms with E-state index in [4.69, 9.17) is 4.74 Å². The van der Waals surface area contributed by atoms with Gasteiger partial charge in [-0.3, -0.25) is 0 Å². The van der Waals surface area contributed by atoms with Crippen molar-refractivity contribution in [1.29, 1.82) is 0 Å². The number of rotatable bonds is 3. The van der Waals surface area contributed by atoms with Crippen molar-refractivity contribution >= 4 is 27.3 Å². The highest BCUT2D eigenvalue weighted by Crippen LogP contribution is 2.16. The van der Waals surface area contributed by atoms with Crippen LogP contribution in [0.4, 0.5) is 0 Å². The molecular formula is C6H9BrN2OS. The SMILES string of the molecule is CC(C)OCc1nnc(Br)s1. The molecule has 5 heteroatoms. The van der Waals surface area contributed by atoms with Gasteiger partial charge in [0.05, 0.1) is 6.10 Å². The minimum absolute atomic E-state index is 0.248. The molecule has 0 saturated carbocycles. The predicted octanol–water partition coefficient (Wildman–Crippen LogP) is 2.23. The Morgan fingerprint density at radius 3 is 2.73 bits per heavy atom. The summed E-state index contributed by atoms with van der Waals surface area (Å²) in [4.78, 5) is 0. The largest absolute Gasteiger partial charge is 0.372 e. The van der Waals surface area contributed by atoms with Crippen LogP contribution in [0.25, 0.3) is 0 Å². The van der Waals surface area contributed by atoms with Gasteiger partial charge in [-0.05, 0) is 29.8 Å². The molecule has 0 aliphatic carbocycles. The highest BCUT2D eigenvalue weighted by Gasteiger charge is 2.01. The van der Waals surface area contributed by atoms with Gasteiger partial charge in [-0.15, -0.1) is 10.2 Å². The van der Waals surface area contributed by atoms with Crippen molar-refractivity contribution in [2.45, 2.75) is 26.6 Å². The third-order valence-corrected chi connectivity index (χ3v) is 2.31. The number of ether oxygens (including phenoxy) is 1. The zero-order valence-corrected chi connectivity index (χ0v) is 8.78. The molecule has 0 N–H and O–H groups in total. The van der Waals surface area contributed by atoms with Gasteiger partial charge in [0.15, 0.2) is 3.92 Å². The average Bonchev–Trinajstić information content (AvgIpc) is 2.31. The Morgan fingerprint density at radius 2 is 2.27 bits per heavy atom. The standard InChI is InChI=1S/C6H9BrN2OS/c1-4(2)10-3-5-8-9-6(7)11-5/h4H,3H2,1-2H3. The molecule has 0 aliphatic heterocycles. The van der Waals surface area contributed by atoms with E-state index in [1.54, 1.807) is 0 Å². The molecule has 0 aromatic carbocycles. The molecule has 1 aromatic rings. The van der Waals surface area contributed by atoms with Crippen LogP contribution in [0.3, 0.4) is 0 Å². The molecular weight excluding hydrogens is 228 g/mol. The first-order valence-corrected chi connectivity index (χ1v) is 4.89. The minimum Gasteiger partial charge on any atom is -0.372 e. The lowest BCUT2D eigenvalue weighted by atomic mass is 10.5. The summed E-state index contributed by atoms with van der Waals surface area (Å²) in [5.74, 6) is 0. The van der Waals surface area contributed by atoms with E-state index in [1.165, 1.54) is 11.3 Å². The van der Waals surface area contributed by atoms with E-state index in [1.807, 2.05) is 13.8 Å². The van der Waals surface area contributed by atoms with Crippen molar-refractivity contribution in [1.82, 2.24) is 10.2 Å². The van der Waals surface area contributed by atoms with Crippen LogP contribution >= 0.6 is 27.3 Å². The number of hydrogen-bond donors (Lipinski definition) is 0. The quantitative estimate of drug-likeness (QED) is 0.808. The summed E-state index contributed by atoms with van der Waals surface area (Å²) in [6.45, 7) is 4.55. The molecule has 1 aromatic heterocycles. The van der Waals surface area contributed by atoms with Crippen LogP contribution in [-0.4, -0.2) is 16.3 Å². The Bertz CT molecular complexity index is 226. The number of nitrogens with zero attached hydrogens (tertiary/aromatic N) is 2. The van der Waals surface area contributed by atoms with Gasteiger partial charge in [0, 0.05) is 0 Å². The summed E-state index contributed by atoms with van der Waals surface area (Å²) in [6.07, 6.45) is 0.248. The molecule has 0 spiro atoms. The predicted molar refractivity (Wildman–Crippen MR) is 47.5 cm³/mol. The van der Waals surface area contributed by atoms with Crippen LogP contribution in [0.15, 0.2) is 3.92 Å². The fourth-order valence-corrected chi connectivity index (χ4v) is 1.65. The molecule has 3 nitrogen and oxygen atoms in total. The lowest BCUT2D eigenvalue weighted by Crippen LogP contribution is -2.01. The smallest absolute Gasteiger partial charge is 0.183 e. The Balaban J connectivity index is 2.39. The fraction of sp³-hybridized carbons (Fsp3) is 0.667. The normalized spacial score (nSPS) is 10.9. The Morgan fingerprint density at radius 1 is 1.55 bits per heavy atom. The first-order valence-electron chi connectivity index (χ1n) is 3.28. The Labute approximate surface area is 77.9 Å². The van der Waals surface area contributed by atoms with E-state index < -0.39 is 0 Å². The van der Waals surface area contributed by atoms with Gasteiger partial charge in [-0.1, -0.05) is 11.3 Å². The molecule has 0 saturated heterocycles. The first-order chi connectivity index (χ1) is 5.18. The monoisotopic (exact) mass is 236 g/mol. The van der Waals surface area contributed by atoms with E-state index in [-0.39, 0.29) is 6.10 Å². The molecule has 1 heterocycles. The van der Waals surface area contributed by atoms with Crippen LogP contribution in [-0.2, 0) is 11.3 Å². The fourth-order valence-electron chi connectivity index (χ4n) is 0.529. The van der Waals surface area contributed by atoms with Crippen molar-refractivity contribution in [2.24, 2.45) is 0 Å². The van der Waals surface area contributed by atoms with E-state index >= 15 is 0 Å². The lowest BCUT2D eigenvalue weighted by Gasteiger charge is -2.02. The van der Waals surface area contributed by atoms with E-state index in [0.717, 1.165) is 8.92 Å². The maximum atomic E-state index is 5.33. The van der Waals surface area contributed by atoms with Gasteiger partial charge in [-0.25, -0.2) is 0 Å². The van der Waals surface area contributed by atoms with Gasteiger partial charge >= 0.3 is 0 Å². The highest BCUT2D eigenvalue weighted by molar-refractivity contribution is 9.11. The molecule has 0 amide bonds. The highest BCUT2D eigenvalue weighted by atomic mass is 79.9. The summed E-state index contributed by atoms with van der Waals surface area (Å²) in [6, 6.07) is 0. The second-order valence-electron chi connectivity index (χ2n) is 2.31. The number of hydrogen-bond acceptors (Lipinski definition) is 4. The first kappa shape index (κ1) is 9.09. The van der Waals surface area contributed by atoms with Gasteiger partial charge in [0.1, 0.15) is 11.6 Å². The van der Waals surface area contributed by atoms with Crippen LogP contribution in [0.1, 0.15) is 18.9 Å². The molecule has 0 fully saturated rings. The average molecular weight is 237 g/mol. The zero-order chi connectivity index (χ0) is 8.27. The third-order valence-electron chi connectivity index (χ3n) is 0.982. The summed E-state index contributed by atoms with van der Waals surface area (Å²) >= 11 is 4.73. The summed E-state index contributed by atoms with van der Waals surface area (Å²) in [7, 11) is 0. The summed E-state index contributed by atoms with van der Waals surface area (Å²) in [5.41, 5.74) is 0. The van der Waals surface area contributed by atoms with Gasteiger partial charge in [-0.2, -0.15) is 0 Å². The van der Waals surface area contributed by atoms with E-state index in [2.05, 4.69) is 26.1 Å². The topological polar surface area (TPSA) is 35.0 Å².